The summed E-state index contributed by atoms with van der Waals surface area (Å²) in [6.45, 7) is 6.22. The van der Waals surface area contributed by atoms with Crippen molar-refractivity contribution >= 4 is 5.91 Å². The van der Waals surface area contributed by atoms with Gasteiger partial charge in [-0.3, -0.25) is 4.79 Å². The molecule has 0 saturated carbocycles. The number of amides is 1. The lowest BCUT2D eigenvalue weighted by Crippen LogP contribution is -2.22. The minimum atomic E-state index is 0.0626. The zero-order valence-electron chi connectivity index (χ0n) is 12.5. The van der Waals surface area contributed by atoms with Gasteiger partial charge in [-0.2, -0.15) is 0 Å². The number of rotatable bonds is 8. The lowest BCUT2D eigenvalue weighted by Gasteiger charge is -2.14. The molecule has 110 valence electrons. The second-order valence-electron chi connectivity index (χ2n) is 4.51. The average molecular weight is 277 g/mol. The van der Waals surface area contributed by atoms with E-state index in [4.69, 9.17) is 9.47 Å². The van der Waals surface area contributed by atoms with E-state index in [1.807, 2.05) is 25.1 Å². The molecule has 0 fully saturated rings. The zero-order chi connectivity index (χ0) is 15.0. The highest BCUT2D eigenvalue weighted by Gasteiger charge is 2.12. The Hall–Kier alpha value is -1.97. The van der Waals surface area contributed by atoms with E-state index in [0.717, 1.165) is 23.3 Å². The maximum atomic E-state index is 11.5. The van der Waals surface area contributed by atoms with Crippen molar-refractivity contribution in [1.82, 2.24) is 5.32 Å². The normalized spacial score (nSPS) is 9.95. The quantitative estimate of drug-likeness (QED) is 0.743. The van der Waals surface area contributed by atoms with E-state index in [1.165, 1.54) is 0 Å². The van der Waals surface area contributed by atoms with E-state index in [2.05, 4.69) is 11.9 Å². The lowest BCUT2D eigenvalue weighted by molar-refractivity contribution is -0.121. The van der Waals surface area contributed by atoms with Crippen LogP contribution >= 0.6 is 0 Å². The Kier molecular flexibility index (Phi) is 6.64. The van der Waals surface area contributed by atoms with Crippen LogP contribution in [0.1, 0.15) is 30.9 Å². The highest BCUT2D eigenvalue weighted by molar-refractivity contribution is 5.75. The number of ether oxygens (including phenoxy) is 2. The molecule has 20 heavy (non-hydrogen) atoms. The molecule has 0 radical (unpaired) electrons. The summed E-state index contributed by atoms with van der Waals surface area (Å²) in [7, 11) is 3.22. The Morgan fingerprint density at radius 3 is 2.65 bits per heavy atom. The average Bonchev–Trinajstić information content (AvgIpc) is 2.45. The molecular weight excluding hydrogens is 254 g/mol. The van der Waals surface area contributed by atoms with Crippen molar-refractivity contribution in [2.24, 2.45) is 0 Å². The SMILES string of the molecule is C=CCc1cc(CNC(=O)CCC)cc(OC)c1OC. The van der Waals surface area contributed by atoms with Gasteiger partial charge in [0.05, 0.1) is 14.2 Å². The molecule has 0 unspecified atom stereocenters. The van der Waals surface area contributed by atoms with E-state index in [9.17, 15) is 4.79 Å². The first-order chi connectivity index (χ1) is 9.65. The van der Waals surface area contributed by atoms with E-state index in [0.29, 0.717) is 25.1 Å². The molecule has 4 heteroatoms. The van der Waals surface area contributed by atoms with E-state index < -0.39 is 0 Å². The number of hydrogen-bond donors (Lipinski definition) is 1. The van der Waals surface area contributed by atoms with Crippen molar-refractivity contribution < 1.29 is 14.3 Å². The molecule has 1 rings (SSSR count). The summed E-state index contributed by atoms with van der Waals surface area (Å²) in [5.41, 5.74) is 1.99. The summed E-state index contributed by atoms with van der Waals surface area (Å²) >= 11 is 0. The monoisotopic (exact) mass is 277 g/mol. The first-order valence-corrected chi connectivity index (χ1v) is 6.77. The van der Waals surface area contributed by atoms with Crippen LogP contribution in [0.15, 0.2) is 24.8 Å². The van der Waals surface area contributed by atoms with Gasteiger partial charge < -0.3 is 14.8 Å². The van der Waals surface area contributed by atoms with Crippen molar-refractivity contribution in [3.63, 3.8) is 0 Å². The number of carbonyl (C=O) groups excluding carboxylic acids is 1. The van der Waals surface area contributed by atoms with Crippen molar-refractivity contribution in [2.45, 2.75) is 32.7 Å². The first-order valence-electron chi connectivity index (χ1n) is 6.77. The fraction of sp³-hybridized carbons (Fsp3) is 0.438. The summed E-state index contributed by atoms with van der Waals surface area (Å²) in [6.07, 6.45) is 3.90. The Morgan fingerprint density at radius 2 is 2.10 bits per heavy atom. The smallest absolute Gasteiger partial charge is 0.220 e. The fourth-order valence-electron chi connectivity index (χ4n) is 2.03. The molecule has 1 amide bonds. The zero-order valence-corrected chi connectivity index (χ0v) is 12.5. The fourth-order valence-corrected chi connectivity index (χ4v) is 2.03. The second kappa shape index (κ2) is 8.25. The van der Waals surface area contributed by atoms with Crippen LogP contribution in [0.25, 0.3) is 0 Å². The van der Waals surface area contributed by atoms with E-state index in [1.54, 1.807) is 14.2 Å². The third-order valence-corrected chi connectivity index (χ3v) is 2.95. The topological polar surface area (TPSA) is 47.6 Å². The molecule has 0 spiro atoms. The van der Waals surface area contributed by atoms with Gasteiger partial charge in [0.25, 0.3) is 0 Å². The number of carbonyl (C=O) groups is 1. The number of allylic oxidation sites excluding steroid dienone is 1. The molecule has 0 saturated heterocycles. The Balaban J connectivity index is 2.93. The van der Waals surface area contributed by atoms with Crippen LogP contribution in [0.3, 0.4) is 0 Å². The minimum absolute atomic E-state index is 0.0626. The van der Waals surface area contributed by atoms with Gasteiger partial charge in [0.15, 0.2) is 11.5 Å². The molecule has 0 heterocycles. The molecule has 0 bridgehead atoms. The van der Waals surface area contributed by atoms with Gasteiger partial charge in [0.1, 0.15) is 0 Å². The van der Waals surface area contributed by atoms with Gasteiger partial charge >= 0.3 is 0 Å². The highest BCUT2D eigenvalue weighted by atomic mass is 16.5. The van der Waals surface area contributed by atoms with Crippen LogP contribution < -0.4 is 14.8 Å². The predicted molar refractivity (Wildman–Crippen MR) is 80.2 cm³/mol. The van der Waals surface area contributed by atoms with Crippen LogP contribution in [-0.4, -0.2) is 20.1 Å². The number of methoxy groups -OCH3 is 2. The van der Waals surface area contributed by atoms with Gasteiger partial charge in [-0.1, -0.05) is 13.0 Å². The molecule has 1 aromatic carbocycles. The molecule has 0 aliphatic rings. The molecule has 0 aromatic heterocycles. The third-order valence-electron chi connectivity index (χ3n) is 2.95. The Morgan fingerprint density at radius 1 is 1.35 bits per heavy atom. The molecule has 1 aromatic rings. The largest absolute Gasteiger partial charge is 0.493 e. The van der Waals surface area contributed by atoms with Crippen LogP contribution in [0.2, 0.25) is 0 Å². The molecule has 1 N–H and O–H groups in total. The number of nitrogens with one attached hydrogen (secondary N) is 1. The lowest BCUT2D eigenvalue weighted by atomic mass is 10.1. The Labute approximate surface area is 120 Å². The summed E-state index contributed by atoms with van der Waals surface area (Å²) < 4.78 is 10.7. The maximum absolute atomic E-state index is 11.5. The van der Waals surface area contributed by atoms with Gasteiger partial charge in [-0.15, -0.1) is 6.58 Å². The Bertz CT molecular complexity index is 469. The summed E-state index contributed by atoms with van der Waals surface area (Å²) in [5, 5.41) is 2.90. The van der Waals surface area contributed by atoms with E-state index in [-0.39, 0.29) is 5.91 Å². The maximum Gasteiger partial charge on any atom is 0.220 e. The predicted octanol–water partition coefficient (Wildman–Crippen LogP) is 2.85. The molecule has 0 aliphatic heterocycles. The van der Waals surface area contributed by atoms with E-state index >= 15 is 0 Å². The van der Waals surface area contributed by atoms with Crippen molar-refractivity contribution in [3.8, 4) is 11.5 Å². The van der Waals surface area contributed by atoms with Gasteiger partial charge in [0, 0.05) is 18.5 Å². The van der Waals surface area contributed by atoms with Gasteiger partial charge in [-0.25, -0.2) is 0 Å². The third kappa shape index (κ3) is 4.30. The van der Waals surface area contributed by atoms with Crippen molar-refractivity contribution in [1.29, 1.82) is 0 Å². The molecule has 0 aliphatic carbocycles. The van der Waals surface area contributed by atoms with Crippen molar-refractivity contribution in [2.75, 3.05) is 14.2 Å². The summed E-state index contributed by atoms with van der Waals surface area (Å²) in [5.74, 6) is 1.45. The summed E-state index contributed by atoms with van der Waals surface area (Å²) in [4.78, 5) is 11.5. The highest BCUT2D eigenvalue weighted by Crippen LogP contribution is 2.33. The van der Waals surface area contributed by atoms with Crippen LogP contribution in [-0.2, 0) is 17.8 Å². The van der Waals surface area contributed by atoms with Gasteiger partial charge in [-0.05, 0) is 30.5 Å². The summed E-state index contributed by atoms with van der Waals surface area (Å²) in [6, 6.07) is 3.90. The number of benzene rings is 1. The van der Waals surface area contributed by atoms with Crippen LogP contribution in [0.4, 0.5) is 0 Å². The van der Waals surface area contributed by atoms with Crippen LogP contribution in [0.5, 0.6) is 11.5 Å². The molecule has 4 nitrogen and oxygen atoms in total. The molecular formula is C16H23NO3. The molecule has 0 atom stereocenters. The van der Waals surface area contributed by atoms with Crippen LogP contribution in [0, 0.1) is 0 Å². The number of hydrogen-bond acceptors (Lipinski definition) is 3. The first kappa shape index (κ1) is 16.1. The second-order valence-corrected chi connectivity index (χ2v) is 4.51. The van der Waals surface area contributed by atoms with Gasteiger partial charge in [0.2, 0.25) is 5.91 Å². The standard InChI is InChI=1S/C16H23NO3/c1-5-7-13-9-12(11-17-15(18)8-6-2)10-14(19-3)16(13)20-4/h5,9-10H,1,6-8,11H2,2-4H3,(H,17,18). The van der Waals surface area contributed by atoms with Crippen molar-refractivity contribution in [3.05, 3.63) is 35.9 Å². The minimum Gasteiger partial charge on any atom is -0.493 e.